The first-order valence-corrected chi connectivity index (χ1v) is 25.0. The van der Waals surface area contributed by atoms with Gasteiger partial charge in [0.05, 0.1) is 63.2 Å². The second-order valence-electron chi connectivity index (χ2n) is 21.7. The molecule has 0 aromatic heterocycles. The van der Waals surface area contributed by atoms with Crippen LogP contribution in [-0.2, 0) is 39.6 Å². The largest absolute Gasteiger partial charge is 1.00 e. The number of rotatable bonds is 11. The average Bonchev–Trinajstić information content (AvgIpc) is 3.90. The number of carbonyl (C=O) groups is 2. The monoisotopic (exact) mass is 961 g/mol. The van der Waals surface area contributed by atoms with E-state index in [0.29, 0.717) is 56.0 Å². The summed E-state index contributed by atoms with van der Waals surface area (Å²) >= 11 is 0. The van der Waals surface area contributed by atoms with Crippen molar-refractivity contribution in [2.45, 2.75) is 135 Å². The molecule has 2 aliphatic carbocycles. The van der Waals surface area contributed by atoms with Gasteiger partial charge < -0.3 is 50.1 Å². The number of ether oxygens (including phenoxy) is 6. The summed E-state index contributed by atoms with van der Waals surface area (Å²) in [5.41, 5.74) is 8.87. The molecule has 0 unspecified atom stereocenters. The minimum Gasteiger partial charge on any atom is -0.870 e. The number of benzene rings is 4. The van der Waals surface area contributed by atoms with E-state index in [1.54, 1.807) is 0 Å². The number of hydrogen-bond acceptors (Lipinski definition) is 11. The van der Waals surface area contributed by atoms with Crippen LogP contribution in [0.1, 0.15) is 123 Å². The Morgan fingerprint density at radius 1 is 0.686 bits per heavy atom. The number of aliphatic carboxylic acids is 1. The Kier molecular flexibility index (Phi) is 22.3. The summed E-state index contributed by atoms with van der Waals surface area (Å²) in [6.45, 7) is 22.0. The molecule has 13 heteroatoms. The molecule has 12 nitrogen and oxygen atoms in total. The third kappa shape index (κ3) is 16.5. The molecular formula is C57H81LiN2O10. The second kappa shape index (κ2) is 26.7. The molecule has 70 heavy (non-hydrogen) atoms. The normalized spacial score (nSPS) is 22.2. The predicted octanol–water partition coefficient (Wildman–Crippen LogP) is 8.09. The molecule has 2 saturated carbocycles. The first-order chi connectivity index (χ1) is 32.4. The van der Waals surface area contributed by atoms with Crippen LogP contribution in [-0.4, -0.2) is 88.0 Å². The molecule has 0 amide bonds. The molecule has 0 atom stereocenters. The molecule has 380 valence electrons. The molecule has 5 fully saturated rings. The zero-order chi connectivity index (χ0) is 49.0. The Labute approximate surface area is 429 Å². The van der Waals surface area contributed by atoms with Crippen molar-refractivity contribution in [2.24, 2.45) is 28.4 Å². The molecule has 4 aromatic rings. The number of hydrogen-bond donors (Lipinski definition) is 3. The summed E-state index contributed by atoms with van der Waals surface area (Å²) in [6, 6.07) is 25.7. The fraction of sp³-hybridized carbons (Fsp3) is 0.579. The van der Waals surface area contributed by atoms with Gasteiger partial charge in [-0.05, 0) is 156 Å². The van der Waals surface area contributed by atoms with Crippen LogP contribution in [0.15, 0.2) is 85.5 Å². The van der Waals surface area contributed by atoms with E-state index in [-0.39, 0.29) is 41.8 Å². The molecule has 0 bridgehead atoms. The summed E-state index contributed by atoms with van der Waals surface area (Å²) in [5.74, 6) is 2.35. The zero-order valence-electron chi connectivity index (χ0n) is 43.5. The van der Waals surface area contributed by atoms with E-state index in [4.69, 9.17) is 34.5 Å². The van der Waals surface area contributed by atoms with E-state index in [0.717, 1.165) is 90.2 Å². The van der Waals surface area contributed by atoms with Crippen LogP contribution >= 0.6 is 0 Å². The van der Waals surface area contributed by atoms with E-state index in [1.165, 1.54) is 56.4 Å². The summed E-state index contributed by atoms with van der Waals surface area (Å²) in [5, 5.41) is 17.1. The standard InChI is InChI=1S/C26H35NO4.C23H31NO2.C4H6O2.C4H8O.Li.H2O/c1-25(2,3)20-7-10-22(11-8-20)31-23-9-5-18-14-21(6-4-19(18)15-23)26(16-30-17-26)27-13-12-24(28)29;1-22(2,3)18-7-10-20(11-8-18)26-21-9-5-16-12-19(6-4-17(16)13-21)23(24)14-25-15-23;1-3-4(5)6-2;1-2-4-5-3-1;;/h4-6,9,14-15,20,22,27H,7-8,10-13,16-17H2,1-3H3,(H,28,29);4-6,9,12-13,18,20H,7-8,10-11,14-15,24H2,1-3H3;3H,1H2,2H3;1-4H2;;1H2/q;;;;+1;/p-1. The van der Waals surface area contributed by atoms with Gasteiger partial charge in [0, 0.05) is 25.8 Å². The zero-order valence-corrected chi connectivity index (χ0v) is 43.5. The smallest absolute Gasteiger partial charge is 0.870 e. The van der Waals surface area contributed by atoms with Gasteiger partial charge in [0.25, 0.3) is 0 Å². The Bertz CT molecular complexity index is 2250. The van der Waals surface area contributed by atoms with Gasteiger partial charge in [0.15, 0.2) is 0 Å². The number of carboxylic acids is 1. The van der Waals surface area contributed by atoms with Crippen LogP contribution in [0.2, 0.25) is 0 Å². The van der Waals surface area contributed by atoms with Crippen LogP contribution in [0.4, 0.5) is 0 Å². The fourth-order valence-corrected chi connectivity index (χ4v) is 9.85. The first kappa shape index (κ1) is 58.6. The van der Waals surface area contributed by atoms with Crippen molar-refractivity contribution in [3.05, 3.63) is 96.6 Å². The Hall–Kier alpha value is -3.96. The second-order valence-corrected chi connectivity index (χ2v) is 21.7. The number of fused-ring (bicyclic) bond motifs is 2. The molecular weight excluding hydrogens is 880 g/mol. The molecule has 9 rings (SSSR count). The van der Waals surface area contributed by atoms with Crippen LogP contribution in [0.5, 0.6) is 11.5 Å². The van der Waals surface area contributed by atoms with E-state index in [1.807, 2.05) is 0 Å². The van der Waals surface area contributed by atoms with Gasteiger partial charge in [-0.1, -0.05) is 84.5 Å². The van der Waals surface area contributed by atoms with Crippen molar-refractivity contribution in [1.29, 1.82) is 0 Å². The Morgan fingerprint density at radius 2 is 1.11 bits per heavy atom. The molecule has 0 spiro atoms. The van der Waals surface area contributed by atoms with Crippen LogP contribution < -0.4 is 39.4 Å². The third-order valence-electron chi connectivity index (χ3n) is 14.6. The molecule has 4 aromatic carbocycles. The van der Waals surface area contributed by atoms with Crippen LogP contribution in [0.25, 0.3) is 21.5 Å². The van der Waals surface area contributed by atoms with Crippen molar-refractivity contribution in [3.8, 4) is 11.5 Å². The van der Waals surface area contributed by atoms with E-state index in [9.17, 15) is 9.59 Å². The van der Waals surface area contributed by atoms with Gasteiger partial charge in [0.1, 0.15) is 11.5 Å². The van der Waals surface area contributed by atoms with E-state index in [2.05, 4.69) is 131 Å². The predicted molar refractivity (Wildman–Crippen MR) is 273 cm³/mol. The van der Waals surface area contributed by atoms with Gasteiger partial charge in [0.2, 0.25) is 0 Å². The van der Waals surface area contributed by atoms with Gasteiger partial charge in [-0.15, -0.1) is 0 Å². The molecule has 3 heterocycles. The van der Waals surface area contributed by atoms with E-state index < -0.39 is 11.9 Å². The third-order valence-corrected chi connectivity index (χ3v) is 14.6. The van der Waals surface area contributed by atoms with Gasteiger partial charge >= 0.3 is 30.8 Å². The van der Waals surface area contributed by atoms with E-state index >= 15 is 0 Å². The summed E-state index contributed by atoms with van der Waals surface area (Å²) in [6.07, 6.45) is 14.0. The fourth-order valence-electron chi connectivity index (χ4n) is 9.85. The van der Waals surface area contributed by atoms with Crippen LogP contribution in [0, 0.1) is 22.7 Å². The average molecular weight is 961 g/mol. The maximum absolute atomic E-state index is 10.9. The van der Waals surface area contributed by atoms with Crippen LogP contribution in [0.3, 0.4) is 0 Å². The minimum absolute atomic E-state index is 0. The Balaban J connectivity index is 0.000000246. The summed E-state index contributed by atoms with van der Waals surface area (Å²) in [7, 11) is 1.31. The summed E-state index contributed by atoms with van der Waals surface area (Å²) in [4.78, 5) is 20.7. The number of nitrogens with two attached hydrogens (primary N) is 1. The Morgan fingerprint density at radius 3 is 1.46 bits per heavy atom. The number of esters is 1. The minimum atomic E-state index is -0.791. The van der Waals surface area contributed by atoms with Gasteiger partial charge in [-0.3, -0.25) is 4.79 Å². The van der Waals surface area contributed by atoms with Crippen molar-refractivity contribution in [1.82, 2.24) is 5.32 Å². The molecule has 5 aliphatic rings. The number of carboxylic acid groups (broad SMARTS) is 1. The van der Waals surface area contributed by atoms with Crippen molar-refractivity contribution in [3.63, 3.8) is 0 Å². The van der Waals surface area contributed by atoms with Crippen molar-refractivity contribution in [2.75, 3.05) is 53.3 Å². The molecule has 0 radical (unpaired) electrons. The molecule has 5 N–H and O–H groups in total. The van der Waals surface area contributed by atoms with Crippen molar-refractivity contribution < 1.29 is 67.5 Å². The SMILES string of the molecule is C1CCOC1.C=CC(=O)OC.CC(C)(C)C1CCC(Oc2ccc3cc(C4(N)COC4)ccc3c2)CC1.CC(C)(C)C1CCC(Oc2ccc3cc(C4(NCCC(=O)O)COC4)ccc3c2)CC1.[Li+].[OH-]. The molecule has 3 saturated heterocycles. The first-order valence-electron chi connectivity index (χ1n) is 25.0. The number of methoxy groups -OCH3 is 1. The van der Waals surface area contributed by atoms with Crippen molar-refractivity contribution >= 4 is 33.5 Å². The van der Waals surface area contributed by atoms with Gasteiger partial charge in [-0.25, -0.2) is 4.79 Å². The maximum Gasteiger partial charge on any atom is 1.00 e. The summed E-state index contributed by atoms with van der Waals surface area (Å²) < 4.78 is 32.5. The molecule has 3 aliphatic heterocycles. The topological polar surface area (TPSA) is 178 Å². The quantitative estimate of drug-likeness (QED) is 0.0749. The number of nitrogens with one attached hydrogen (secondary N) is 1. The number of carbonyl (C=O) groups excluding carboxylic acids is 1. The van der Waals surface area contributed by atoms with Gasteiger partial charge in [-0.2, -0.15) is 0 Å². The maximum atomic E-state index is 10.9.